The molecule has 192 valence electrons. The number of nitrogens with zero attached hydrogens (tertiary/aromatic N) is 2. The lowest BCUT2D eigenvalue weighted by atomic mass is 10.1. The maximum Gasteiger partial charge on any atom is 0.326 e. The van der Waals surface area contributed by atoms with E-state index in [-0.39, 0.29) is 35.8 Å². The molecular formula is C22H30N4O5S4. The third kappa shape index (κ3) is 9.98. The number of hydrogen-bond acceptors (Lipinski definition) is 10. The Morgan fingerprint density at radius 1 is 1.31 bits per heavy atom. The fourth-order valence-electron chi connectivity index (χ4n) is 2.83. The van der Waals surface area contributed by atoms with E-state index >= 15 is 0 Å². The molecule has 0 saturated carbocycles. The van der Waals surface area contributed by atoms with E-state index in [2.05, 4.69) is 47.1 Å². The summed E-state index contributed by atoms with van der Waals surface area (Å²) < 4.78 is 5.12. The Morgan fingerprint density at radius 3 is 2.77 bits per heavy atom. The first kappa shape index (κ1) is 29.4. The number of carbonyl (C=O) groups excluding carboxylic acids is 4. The largest absolute Gasteiger partial charge is 0.456 e. The fraction of sp³-hybridized carbons (Fsp3) is 0.545. The van der Waals surface area contributed by atoms with Crippen molar-refractivity contribution in [3.05, 3.63) is 28.2 Å². The van der Waals surface area contributed by atoms with E-state index in [4.69, 9.17) is 4.74 Å². The van der Waals surface area contributed by atoms with Crippen molar-refractivity contribution >= 4 is 74.8 Å². The standard InChI is InChI=1S/C19H22N4O5S4.C3H8/c1-19-10-32-16(23-19)12-9-31-14(22-12)7-20-13(24)6-11(4-2-3-5-30-18(27)29)28-15(25)8-21-17(19)26;1-3-2/h2,4,9,11H,3,5-8,10H2,1H3,(H,20,24)(H,21,26)(H,27,29);3H2,1-2H3/b4-2+;. The van der Waals surface area contributed by atoms with Gasteiger partial charge in [0, 0.05) is 16.9 Å². The number of aromatic nitrogens is 1. The van der Waals surface area contributed by atoms with Gasteiger partial charge in [0.1, 0.15) is 33.9 Å². The molecule has 0 aliphatic carbocycles. The van der Waals surface area contributed by atoms with Crippen molar-refractivity contribution < 1.29 is 23.9 Å². The van der Waals surface area contributed by atoms with Gasteiger partial charge in [0.15, 0.2) is 0 Å². The Kier molecular flexibility index (Phi) is 12.3. The summed E-state index contributed by atoms with van der Waals surface area (Å²) >= 11 is 7.58. The summed E-state index contributed by atoms with van der Waals surface area (Å²) in [6.45, 7) is 5.87. The number of cyclic esters (lactones) is 1. The van der Waals surface area contributed by atoms with Gasteiger partial charge in [-0.25, -0.2) is 4.98 Å². The minimum absolute atomic E-state index is 0.0761. The highest BCUT2D eigenvalue weighted by atomic mass is 32.2. The topological polar surface area (TPSA) is 127 Å². The van der Waals surface area contributed by atoms with Crippen molar-refractivity contribution in [2.75, 3.05) is 18.1 Å². The molecule has 9 nitrogen and oxygen atoms in total. The molecule has 0 saturated heterocycles. The van der Waals surface area contributed by atoms with Crippen LogP contribution in [0.15, 0.2) is 22.5 Å². The van der Waals surface area contributed by atoms with Crippen molar-refractivity contribution in [3.63, 3.8) is 0 Å². The molecular weight excluding hydrogens is 529 g/mol. The predicted molar refractivity (Wildman–Crippen MR) is 145 cm³/mol. The molecule has 0 spiro atoms. The van der Waals surface area contributed by atoms with E-state index in [9.17, 15) is 19.2 Å². The second-order valence-corrected chi connectivity index (χ2v) is 11.5. The average molecular weight is 559 g/mol. The number of carbonyl (C=O) groups is 4. The number of thiol groups is 1. The smallest absolute Gasteiger partial charge is 0.326 e. The Labute approximate surface area is 223 Å². The number of allylic oxidation sites excluding steroid dienone is 1. The van der Waals surface area contributed by atoms with Gasteiger partial charge in [-0.05, 0) is 19.4 Å². The number of ether oxygens (including phenoxy) is 1. The maximum absolute atomic E-state index is 12.7. The van der Waals surface area contributed by atoms with Gasteiger partial charge in [0.2, 0.25) is 16.3 Å². The first-order valence-corrected chi connectivity index (χ1v) is 14.4. The third-order valence-electron chi connectivity index (χ3n) is 4.46. The van der Waals surface area contributed by atoms with Gasteiger partial charge in [-0.3, -0.25) is 24.2 Å². The van der Waals surface area contributed by atoms with Crippen molar-refractivity contribution in [2.24, 2.45) is 4.99 Å². The number of aliphatic imine (C=N–C) groups is 1. The molecule has 13 heteroatoms. The molecule has 3 rings (SSSR count). The zero-order valence-corrected chi connectivity index (χ0v) is 23.2. The number of fused-ring (bicyclic) bond motifs is 4. The average Bonchev–Trinajstić information content (AvgIpc) is 3.43. The molecule has 3 heterocycles. The molecule has 2 atom stereocenters. The fourth-order valence-corrected chi connectivity index (χ4v) is 5.46. The second-order valence-electron chi connectivity index (χ2n) is 7.84. The van der Waals surface area contributed by atoms with Gasteiger partial charge in [-0.2, -0.15) is 0 Å². The summed E-state index contributed by atoms with van der Waals surface area (Å²) in [5.41, 5.74) is -0.331. The molecule has 0 radical (unpaired) electrons. The van der Waals surface area contributed by atoms with Crippen LogP contribution in [0.5, 0.6) is 0 Å². The van der Waals surface area contributed by atoms with Gasteiger partial charge >= 0.3 is 5.97 Å². The zero-order chi connectivity index (χ0) is 25.8. The van der Waals surface area contributed by atoms with Gasteiger partial charge in [0.05, 0.1) is 13.0 Å². The second kappa shape index (κ2) is 14.7. The third-order valence-corrected chi connectivity index (χ3v) is 7.66. The summed E-state index contributed by atoms with van der Waals surface area (Å²) in [7, 11) is 0. The highest BCUT2D eigenvalue weighted by molar-refractivity contribution is 8.32. The molecule has 35 heavy (non-hydrogen) atoms. The van der Waals surface area contributed by atoms with E-state index in [1.54, 1.807) is 19.1 Å². The van der Waals surface area contributed by atoms with E-state index < -0.39 is 17.6 Å². The van der Waals surface area contributed by atoms with Gasteiger partial charge in [0.25, 0.3) is 0 Å². The zero-order valence-electron chi connectivity index (χ0n) is 19.9. The van der Waals surface area contributed by atoms with Crippen LogP contribution in [0.2, 0.25) is 0 Å². The highest BCUT2D eigenvalue weighted by Crippen LogP contribution is 2.31. The van der Waals surface area contributed by atoms with Crippen LogP contribution in [0.1, 0.15) is 50.7 Å². The van der Waals surface area contributed by atoms with Crippen LogP contribution in [-0.2, 0) is 25.7 Å². The number of hydrogen-bond donors (Lipinski definition) is 3. The Morgan fingerprint density at radius 2 is 2.06 bits per heavy atom. The van der Waals surface area contributed by atoms with Crippen molar-refractivity contribution in [1.82, 2.24) is 15.6 Å². The molecule has 0 aromatic carbocycles. The van der Waals surface area contributed by atoms with E-state index in [0.717, 1.165) is 11.8 Å². The summed E-state index contributed by atoms with van der Waals surface area (Å²) in [5.74, 6) is -0.384. The summed E-state index contributed by atoms with van der Waals surface area (Å²) in [4.78, 5) is 57.3. The van der Waals surface area contributed by atoms with Crippen LogP contribution in [0.25, 0.3) is 0 Å². The minimum Gasteiger partial charge on any atom is -0.456 e. The van der Waals surface area contributed by atoms with Crippen molar-refractivity contribution in [2.45, 2.75) is 58.2 Å². The van der Waals surface area contributed by atoms with E-state index in [1.165, 1.54) is 29.5 Å². The Balaban J connectivity index is 0.00000137. The lowest BCUT2D eigenvalue weighted by Gasteiger charge is -2.19. The lowest BCUT2D eigenvalue weighted by molar-refractivity contribution is -0.148. The SMILES string of the molecule is CC12CSC(=N1)c1csc(n1)CNC(=O)CC(/C=C/CCSC(=O)S)OC(=O)CNC2=O.CCC. The van der Waals surface area contributed by atoms with E-state index in [1.807, 2.05) is 5.38 Å². The van der Waals surface area contributed by atoms with Crippen LogP contribution in [-0.4, -0.2) is 62.0 Å². The minimum atomic E-state index is -1.00. The molecule has 1 aromatic rings. The number of esters is 1. The van der Waals surface area contributed by atoms with Gasteiger partial charge in [-0.1, -0.05) is 50.7 Å². The monoisotopic (exact) mass is 558 g/mol. The van der Waals surface area contributed by atoms with Crippen LogP contribution < -0.4 is 10.6 Å². The number of thiazole rings is 1. The predicted octanol–water partition coefficient (Wildman–Crippen LogP) is 3.59. The molecule has 2 aliphatic rings. The number of thioether (sulfide) groups is 2. The normalized spacial score (nSPS) is 23.0. The molecule has 2 amide bonds. The van der Waals surface area contributed by atoms with Gasteiger partial charge < -0.3 is 15.4 Å². The van der Waals surface area contributed by atoms with E-state index in [0.29, 0.717) is 33.7 Å². The molecule has 4 bridgehead atoms. The lowest BCUT2D eigenvalue weighted by Crippen LogP contribution is -2.46. The summed E-state index contributed by atoms with van der Waals surface area (Å²) in [5, 5.41) is 8.58. The number of rotatable bonds is 4. The van der Waals surface area contributed by atoms with Crippen molar-refractivity contribution in [1.29, 1.82) is 0 Å². The summed E-state index contributed by atoms with van der Waals surface area (Å²) in [6, 6.07) is 0. The first-order valence-electron chi connectivity index (χ1n) is 11.1. The molecule has 2 aliphatic heterocycles. The molecule has 1 aromatic heterocycles. The van der Waals surface area contributed by atoms with Crippen LogP contribution >= 0.6 is 47.5 Å². The Bertz CT molecular complexity index is 981. The highest BCUT2D eigenvalue weighted by Gasteiger charge is 2.39. The molecule has 2 N–H and O–H groups in total. The maximum atomic E-state index is 12.7. The quantitative estimate of drug-likeness (QED) is 0.222. The summed E-state index contributed by atoms with van der Waals surface area (Å²) in [6.07, 6.45) is 4.26. The number of nitrogens with one attached hydrogen (secondary N) is 2. The Hall–Kier alpha value is -1.83. The van der Waals surface area contributed by atoms with Crippen LogP contribution in [0, 0.1) is 0 Å². The van der Waals surface area contributed by atoms with Gasteiger partial charge in [-0.15, -0.1) is 23.1 Å². The molecule has 2 unspecified atom stereocenters. The van der Waals surface area contributed by atoms with Crippen LogP contribution in [0.3, 0.4) is 0 Å². The molecule has 0 fully saturated rings. The number of amides is 2. The van der Waals surface area contributed by atoms with Crippen molar-refractivity contribution in [3.8, 4) is 0 Å². The first-order chi connectivity index (χ1) is 16.7. The van der Waals surface area contributed by atoms with Crippen LogP contribution in [0.4, 0.5) is 4.79 Å².